The molecular formula is C23H21N5O4S. The van der Waals surface area contributed by atoms with Gasteiger partial charge < -0.3 is 15.0 Å². The van der Waals surface area contributed by atoms with Crippen LogP contribution in [-0.2, 0) is 22.7 Å². The number of nitrogens with zero attached hydrogens (tertiary/aromatic N) is 3. The number of benzene rings is 1. The van der Waals surface area contributed by atoms with Crippen LogP contribution in [0.5, 0.6) is 5.75 Å². The lowest BCUT2D eigenvalue weighted by Crippen LogP contribution is -2.56. The third-order valence-electron chi connectivity index (χ3n) is 5.69. The number of hydrogen-bond donors (Lipinski definition) is 2. The zero-order valence-electron chi connectivity index (χ0n) is 18.0. The lowest BCUT2D eigenvalue weighted by atomic mass is 9.99. The fourth-order valence-electron chi connectivity index (χ4n) is 3.97. The Hall–Kier alpha value is -3.79. The van der Waals surface area contributed by atoms with Gasteiger partial charge in [0.25, 0.3) is 5.91 Å². The molecule has 1 aromatic carbocycles. The van der Waals surface area contributed by atoms with Crippen molar-refractivity contribution in [1.82, 2.24) is 20.2 Å². The van der Waals surface area contributed by atoms with E-state index in [1.54, 1.807) is 18.2 Å². The van der Waals surface area contributed by atoms with Crippen molar-refractivity contribution in [3.63, 3.8) is 0 Å². The van der Waals surface area contributed by atoms with Crippen LogP contribution < -0.4 is 15.4 Å². The van der Waals surface area contributed by atoms with Gasteiger partial charge in [-0.25, -0.2) is 4.98 Å². The quantitative estimate of drug-likeness (QED) is 0.562. The Kier molecular flexibility index (Phi) is 5.29. The van der Waals surface area contributed by atoms with Crippen molar-refractivity contribution in [3.05, 3.63) is 58.4 Å². The van der Waals surface area contributed by atoms with Crippen LogP contribution in [0.1, 0.15) is 33.0 Å². The molecule has 0 aliphatic carbocycles. The number of amides is 3. The van der Waals surface area contributed by atoms with E-state index in [2.05, 4.69) is 20.6 Å². The van der Waals surface area contributed by atoms with Gasteiger partial charge in [-0.3, -0.25) is 24.7 Å². The van der Waals surface area contributed by atoms with Crippen LogP contribution in [0.15, 0.2) is 36.5 Å². The number of ether oxygens (including phenoxy) is 1. The fourth-order valence-corrected chi connectivity index (χ4v) is 4.95. The molecule has 2 N–H and O–H groups in total. The highest BCUT2D eigenvalue weighted by Crippen LogP contribution is 2.35. The summed E-state index contributed by atoms with van der Waals surface area (Å²) in [5, 5.41) is 5.96. The van der Waals surface area contributed by atoms with E-state index in [1.165, 1.54) is 11.3 Å². The normalized spacial score (nSPS) is 16.6. The number of hydrogen-bond acceptors (Lipinski definition) is 7. The van der Waals surface area contributed by atoms with Crippen LogP contribution in [0.4, 0.5) is 5.13 Å². The summed E-state index contributed by atoms with van der Waals surface area (Å²) in [7, 11) is 1.59. The number of rotatable bonds is 5. The van der Waals surface area contributed by atoms with Crippen molar-refractivity contribution >= 4 is 34.2 Å². The molecule has 1 fully saturated rings. The van der Waals surface area contributed by atoms with E-state index in [0.717, 1.165) is 27.4 Å². The van der Waals surface area contributed by atoms with Gasteiger partial charge in [0.15, 0.2) is 5.13 Å². The minimum Gasteiger partial charge on any atom is -0.496 e. The number of thiazole rings is 1. The van der Waals surface area contributed by atoms with Crippen molar-refractivity contribution in [2.45, 2.75) is 32.5 Å². The molecule has 10 heteroatoms. The average molecular weight is 464 g/mol. The molecule has 3 amide bonds. The van der Waals surface area contributed by atoms with Gasteiger partial charge in [-0.1, -0.05) is 29.5 Å². The highest BCUT2D eigenvalue weighted by molar-refractivity contribution is 7.16. The number of fused-ring (bicyclic) bond motifs is 1. The summed E-state index contributed by atoms with van der Waals surface area (Å²) in [5.74, 6) is 0.139. The van der Waals surface area contributed by atoms with E-state index in [-0.39, 0.29) is 24.1 Å². The van der Waals surface area contributed by atoms with E-state index in [4.69, 9.17) is 4.74 Å². The van der Waals surface area contributed by atoms with Crippen molar-refractivity contribution in [2.24, 2.45) is 0 Å². The Morgan fingerprint density at radius 3 is 2.76 bits per heavy atom. The zero-order chi connectivity index (χ0) is 23.1. The topological polar surface area (TPSA) is 114 Å². The van der Waals surface area contributed by atoms with Crippen molar-refractivity contribution in [1.29, 1.82) is 0 Å². The summed E-state index contributed by atoms with van der Waals surface area (Å²) in [4.78, 5) is 48.1. The predicted molar refractivity (Wildman–Crippen MR) is 122 cm³/mol. The molecule has 4 heterocycles. The second kappa shape index (κ2) is 8.28. The highest BCUT2D eigenvalue weighted by atomic mass is 32.1. The molecule has 0 bridgehead atoms. The maximum Gasteiger partial charge on any atom is 0.259 e. The Bertz CT molecular complexity index is 1260. The number of para-hydroxylation sites is 1. The van der Waals surface area contributed by atoms with Gasteiger partial charge in [-0.05, 0) is 19.1 Å². The SMILES string of the molecule is COc1ccccc1-c1cc(C)ncc1C(=O)Nc1nc2c(s1)CN(C(=O)C1CC(=O)N1)C2. The molecule has 0 spiro atoms. The Morgan fingerprint density at radius 1 is 1.24 bits per heavy atom. The van der Waals surface area contributed by atoms with Gasteiger partial charge in [0.2, 0.25) is 11.8 Å². The number of aromatic nitrogens is 2. The largest absolute Gasteiger partial charge is 0.496 e. The molecular weight excluding hydrogens is 442 g/mol. The molecule has 2 aromatic heterocycles. The van der Waals surface area contributed by atoms with E-state index < -0.39 is 6.04 Å². The molecule has 168 valence electrons. The maximum absolute atomic E-state index is 13.2. The second-order valence-corrected chi connectivity index (χ2v) is 9.02. The summed E-state index contributed by atoms with van der Waals surface area (Å²) in [5.41, 5.74) is 3.49. The number of β-lactam (4-membered cyclic amide) rings is 1. The first-order valence-corrected chi connectivity index (χ1v) is 11.2. The highest BCUT2D eigenvalue weighted by Gasteiger charge is 2.38. The number of pyridine rings is 1. The number of carbonyl (C=O) groups excluding carboxylic acids is 3. The monoisotopic (exact) mass is 463 g/mol. The minimum atomic E-state index is -0.437. The van der Waals surface area contributed by atoms with Gasteiger partial charge in [0.1, 0.15) is 11.8 Å². The summed E-state index contributed by atoms with van der Waals surface area (Å²) >= 11 is 1.35. The molecule has 2 aliphatic rings. The van der Waals surface area contributed by atoms with Crippen molar-refractivity contribution in [2.75, 3.05) is 12.4 Å². The van der Waals surface area contributed by atoms with Crippen LogP contribution in [0.3, 0.4) is 0 Å². The third kappa shape index (κ3) is 3.93. The van der Waals surface area contributed by atoms with Gasteiger partial charge in [0.05, 0.1) is 42.8 Å². The molecule has 1 unspecified atom stereocenters. The van der Waals surface area contributed by atoms with Crippen molar-refractivity contribution < 1.29 is 19.1 Å². The van der Waals surface area contributed by atoms with Crippen LogP contribution in [-0.4, -0.2) is 45.7 Å². The molecule has 1 atom stereocenters. The standard InChI is InChI=1S/C23H21N5O4S/c1-12-7-14(13-5-3-4-6-18(13)32-2)15(9-24-12)21(30)27-23-26-17-10-28(11-19(17)33-23)22(31)16-8-20(29)25-16/h3-7,9,16H,8,10-11H2,1-2H3,(H,25,29)(H,26,27,30). The minimum absolute atomic E-state index is 0.0995. The maximum atomic E-state index is 13.2. The Morgan fingerprint density at radius 2 is 2.03 bits per heavy atom. The van der Waals surface area contributed by atoms with Crippen LogP contribution >= 0.6 is 11.3 Å². The Labute approximate surface area is 193 Å². The van der Waals surface area contributed by atoms with Gasteiger partial charge >= 0.3 is 0 Å². The number of carbonyl (C=O) groups is 3. The lowest BCUT2D eigenvalue weighted by molar-refractivity contribution is -0.143. The van der Waals surface area contributed by atoms with Crippen LogP contribution in [0.25, 0.3) is 11.1 Å². The summed E-state index contributed by atoms with van der Waals surface area (Å²) < 4.78 is 5.48. The third-order valence-corrected chi connectivity index (χ3v) is 6.69. The van der Waals surface area contributed by atoms with E-state index in [0.29, 0.717) is 29.5 Å². The molecule has 0 radical (unpaired) electrons. The predicted octanol–water partition coefficient (Wildman–Crippen LogP) is 2.51. The summed E-state index contributed by atoms with van der Waals surface area (Å²) in [6, 6.07) is 8.94. The molecule has 9 nitrogen and oxygen atoms in total. The lowest BCUT2D eigenvalue weighted by Gasteiger charge is -2.29. The molecule has 33 heavy (non-hydrogen) atoms. The number of aryl methyl sites for hydroxylation is 1. The number of methoxy groups -OCH3 is 1. The second-order valence-electron chi connectivity index (χ2n) is 7.93. The summed E-state index contributed by atoms with van der Waals surface area (Å²) in [6.45, 7) is 2.66. The summed E-state index contributed by atoms with van der Waals surface area (Å²) in [6.07, 6.45) is 1.79. The molecule has 3 aromatic rings. The van der Waals surface area contributed by atoms with E-state index in [1.807, 2.05) is 37.3 Å². The van der Waals surface area contributed by atoms with Gasteiger partial charge in [-0.2, -0.15) is 0 Å². The molecule has 2 aliphatic heterocycles. The van der Waals surface area contributed by atoms with E-state index in [9.17, 15) is 14.4 Å². The first kappa shape index (κ1) is 21.1. The molecule has 5 rings (SSSR count). The Balaban J connectivity index is 1.34. The average Bonchev–Trinajstić information content (AvgIpc) is 3.35. The smallest absolute Gasteiger partial charge is 0.259 e. The molecule has 0 saturated carbocycles. The first-order chi connectivity index (χ1) is 15.9. The van der Waals surface area contributed by atoms with E-state index >= 15 is 0 Å². The van der Waals surface area contributed by atoms with Gasteiger partial charge in [-0.15, -0.1) is 0 Å². The first-order valence-electron chi connectivity index (χ1n) is 10.4. The number of anilines is 1. The van der Waals surface area contributed by atoms with Gasteiger partial charge in [0, 0.05) is 23.0 Å². The zero-order valence-corrected chi connectivity index (χ0v) is 18.9. The fraction of sp³-hybridized carbons (Fsp3) is 0.261. The number of nitrogens with one attached hydrogen (secondary N) is 2. The van der Waals surface area contributed by atoms with Crippen LogP contribution in [0, 0.1) is 6.92 Å². The van der Waals surface area contributed by atoms with Crippen molar-refractivity contribution in [3.8, 4) is 16.9 Å². The molecule has 1 saturated heterocycles. The van der Waals surface area contributed by atoms with Crippen LogP contribution in [0.2, 0.25) is 0 Å².